The van der Waals surface area contributed by atoms with Crippen molar-refractivity contribution in [1.29, 1.82) is 0 Å². The summed E-state index contributed by atoms with van der Waals surface area (Å²) in [4.78, 5) is 16.8. The van der Waals surface area contributed by atoms with E-state index in [1.807, 2.05) is 17.8 Å². The number of carbonyl (C=O) groups is 1. The van der Waals surface area contributed by atoms with Crippen molar-refractivity contribution in [3.8, 4) is 0 Å². The van der Waals surface area contributed by atoms with Crippen molar-refractivity contribution in [2.75, 3.05) is 6.61 Å². The zero-order chi connectivity index (χ0) is 22.4. The normalized spacial score (nSPS) is 30.6. The molecule has 0 bridgehead atoms. The molecule has 5 nitrogen and oxygen atoms in total. The molecule has 0 radical (unpaired) electrons. The van der Waals surface area contributed by atoms with Crippen molar-refractivity contribution in [2.24, 2.45) is 36.6 Å². The van der Waals surface area contributed by atoms with E-state index < -0.39 is 0 Å². The van der Waals surface area contributed by atoms with Crippen LogP contribution in [0.2, 0.25) is 0 Å². The first-order valence-corrected chi connectivity index (χ1v) is 11.7. The monoisotopic (exact) mass is 426 g/mol. The summed E-state index contributed by atoms with van der Waals surface area (Å²) in [6.07, 6.45) is 17.8. The summed E-state index contributed by atoms with van der Waals surface area (Å²) in [7, 11) is 1.90. The van der Waals surface area contributed by atoms with Gasteiger partial charge in [-0.1, -0.05) is 37.6 Å². The van der Waals surface area contributed by atoms with E-state index in [-0.39, 0.29) is 18.7 Å². The Morgan fingerprint density at radius 2 is 2.06 bits per heavy atom. The summed E-state index contributed by atoms with van der Waals surface area (Å²) in [6, 6.07) is 0. The Balaban J connectivity index is 1.77. The van der Waals surface area contributed by atoms with Gasteiger partial charge < -0.3 is 14.4 Å². The fraction of sp³-hybridized carbons (Fsp3) is 0.615. The van der Waals surface area contributed by atoms with E-state index in [0.29, 0.717) is 36.0 Å². The van der Waals surface area contributed by atoms with Gasteiger partial charge in [-0.25, -0.2) is 9.78 Å². The van der Waals surface area contributed by atoms with Crippen LogP contribution < -0.4 is 0 Å². The minimum atomic E-state index is -0.316. The zero-order valence-electron chi connectivity index (χ0n) is 19.4. The third kappa shape index (κ3) is 6.42. The van der Waals surface area contributed by atoms with Gasteiger partial charge >= 0.3 is 5.97 Å². The maximum atomic E-state index is 12.5. The van der Waals surface area contributed by atoms with Crippen LogP contribution in [-0.4, -0.2) is 33.3 Å². The van der Waals surface area contributed by atoms with Crippen LogP contribution in [0.3, 0.4) is 0 Å². The molecule has 0 saturated heterocycles. The number of rotatable bonds is 5. The lowest BCUT2D eigenvalue weighted by Gasteiger charge is -2.42. The molecule has 2 aliphatic carbocycles. The van der Waals surface area contributed by atoms with Crippen molar-refractivity contribution >= 4 is 12.0 Å². The molecule has 0 aromatic carbocycles. The number of aliphatic hydroxyl groups is 1. The Bertz CT molecular complexity index is 820. The van der Waals surface area contributed by atoms with Gasteiger partial charge in [-0.15, -0.1) is 0 Å². The molecule has 5 unspecified atom stereocenters. The number of aromatic nitrogens is 2. The minimum Gasteiger partial charge on any atom is -0.459 e. The van der Waals surface area contributed by atoms with Crippen molar-refractivity contribution in [3.05, 3.63) is 48.1 Å². The summed E-state index contributed by atoms with van der Waals surface area (Å²) >= 11 is 0. The van der Waals surface area contributed by atoms with Crippen LogP contribution in [0.5, 0.6) is 0 Å². The lowest BCUT2D eigenvalue weighted by molar-refractivity contribution is -0.143. The molecule has 0 spiro atoms. The molecule has 0 fully saturated rings. The van der Waals surface area contributed by atoms with Gasteiger partial charge in [-0.05, 0) is 68.3 Å². The first kappa shape index (κ1) is 23.5. The lowest BCUT2D eigenvalue weighted by atomic mass is 9.63. The van der Waals surface area contributed by atoms with E-state index >= 15 is 0 Å². The Hall–Kier alpha value is -2.14. The third-order valence-corrected chi connectivity index (χ3v) is 7.03. The number of nitrogens with zero attached hydrogens (tertiary/aromatic N) is 2. The number of carbonyl (C=O) groups excluding carboxylic acids is 1. The zero-order valence-corrected chi connectivity index (χ0v) is 19.4. The standard InChI is InChI=1S/C26H38N2O3/c1-18(2)23-11-9-19(3)24-14-22(8-6-5-7-20(16-29)13-25(23)24)31-26(30)12-10-21-15-28(4)17-27-21/h5-6,9-10,12,15,17-18,20,22-25,29H,7-8,11,13-14,16H2,1-4H3/b6-5-,12-10+. The first-order chi connectivity index (χ1) is 14.9. The van der Waals surface area contributed by atoms with Crippen molar-refractivity contribution in [1.82, 2.24) is 9.55 Å². The van der Waals surface area contributed by atoms with E-state index in [0.717, 1.165) is 31.4 Å². The highest BCUT2D eigenvalue weighted by Crippen LogP contribution is 2.45. The number of hydrogen-bond acceptors (Lipinski definition) is 4. The largest absolute Gasteiger partial charge is 0.459 e. The van der Waals surface area contributed by atoms with Crippen LogP contribution in [0.4, 0.5) is 0 Å². The quantitative estimate of drug-likeness (QED) is 0.412. The first-order valence-electron chi connectivity index (χ1n) is 11.7. The Labute approximate surface area is 186 Å². The molecule has 5 atom stereocenters. The van der Waals surface area contributed by atoms with Crippen LogP contribution in [-0.2, 0) is 16.6 Å². The van der Waals surface area contributed by atoms with Gasteiger partial charge in [0.2, 0.25) is 0 Å². The summed E-state index contributed by atoms with van der Waals surface area (Å²) in [6.45, 7) is 7.08. The molecule has 0 saturated carbocycles. The maximum absolute atomic E-state index is 12.5. The van der Waals surface area contributed by atoms with Crippen LogP contribution in [0, 0.1) is 29.6 Å². The van der Waals surface area contributed by atoms with Gasteiger partial charge in [0.25, 0.3) is 0 Å². The van der Waals surface area contributed by atoms with Crippen LogP contribution in [0.15, 0.2) is 42.4 Å². The van der Waals surface area contributed by atoms with Gasteiger partial charge in [0, 0.05) is 32.3 Å². The summed E-state index contributed by atoms with van der Waals surface area (Å²) < 4.78 is 7.76. The van der Waals surface area contributed by atoms with Gasteiger partial charge in [0.15, 0.2) is 0 Å². The molecule has 3 rings (SSSR count). The predicted octanol–water partition coefficient (Wildman–Crippen LogP) is 4.94. The Morgan fingerprint density at radius 1 is 1.29 bits per heavy atom. The second-order valence-corrected chi connectivity index (χ2v) is 9.68. The Morgan fingerprint density at radius 3 is 2.74 bits per heavy atom. The molecule has 1 heterocycles. The van der Waals surface area contributed by atoms with Crippen molar-refractivity contribution in [3.63, 3.8) is 0 Å². The molecule has 5 heteroatoms. The van der Waals surface area contributed by atoms with Crippen LogP contribution in [0.25, 0.3) is 6.08 Å². The van der Waals surface area contributed by atoms with E-state index in [9.17, 15) is 9.90 Å². The number of allylic oxidation sites excluding steroid dienone is 3. The SMILES string of the molecule is CC1=CCC(C(C)C)C2CC(CO)C/C=C\CC(OC(=O)/C=C/c3cn(C)cn3)CC12. The highest BCUT2D eigenvalue weighted by Gasteiger charge is 2.38. The molecular formula is C26H38N2O3. The van der Waals surface area contributed by atoms with Crippen molar-refractivity contribution in [2.45, 2.75) is 59.0 Å². The highest BCUT2D eigenvalue weighted by molar-refractivity contribution is 5.86. The molecule has 0 amide bonds. The lowest BCUT2D eigenvalue weighted by Crippen LogP contribution is -2.36. The second kappa shape index (κ2) is 10.9. The van der Waals surface area contributed by atoms with Crippen molar-refractivity contribution < 1.29 is 14.6 Å². The van der Waals surface area contributed by atoms with E-state index in [1.165, 1.54) is 11.6 Å². The smallest absolute Gasteiger partial charge is 0.331 e. The Kier molecular flexibility index (Phi) is 8.30. The highest BCUT2D eigenvalue weighted by atomic mass is 16.5. The number of hydrogen-bond donors (Lipinski definition) is 1. The molecule has 0 aliphatic heterocycles. The van der Waals surface area contributed by atoms with E-state index in [4.69, 9.17) is 4.74 Å². The topological polar surface area (TPSA) is 64.3 Å². The fourth-order valence-corrected chi connectivity index (χ4v) is 5.27. The van der Waals surface area contributed by atoms with Gasteiger partial charge in [0.05, 0.1) is 12.0 Å². The second-order valence-electron chi connectivity index (χ2n) is 9.68. The predicted molar refractivity (Wildman–Crippen MR) is 124 cm³/mol. The molecule has 2 aliphatic rings. The maximum Gasteiger partial charge on any atom is 0.331 e. The molecule has 1 aromatic rings. The average molecular weight is 427 g/mol. The average Bonchev–Trinajstić information content (AvgIpc) is 3.15. The molecule has 31 heavy (non-hydrogen) atoms. The van der Waals surface area contributed by atoms with E-state index in [2.05, 4.69) is 44.0 Å². The number of ether oxygens (including phenoxy) is 1. The fourth-order valence-electron chi connectivity index (χ4n) is 5.27. The summed E-state index contributed by atoms with van der Waals surface area (Å²) in [5.74, 6) is 2.08. The molecule has 170 valence electrons. The molecule has 1 aromatic heterocycles. The van der Waals surface area contributed by atoms with Crippen LogP contribution >= 0.6 is 0 Å². The summed E-state index contributed by atoms with van der Waals surface area (Å²) in [5.41, 5.74) is 2.15. The molecular weight excluding hydrogens is 388 g/mol. The molecule has 1 N–H and O–H groups in total. The van der Waals surface area contributed by atoms with Gasteiger partial charge in [-0.3, -0.25) is 0 Å². The third-order valence-electron chi connectivity index (χ3n) is 7.03. The van der Waals surface area contributed by atoms with Gasteiger partial charge in [-0.2, -0.15) is 0 Å². The minimum absolute atomic E-state index is 0.149. The van der Waals surface area contributed by atoms with Gasteiger partial charge in [0.1, 0.15) is 6.10 Å². The number of esters is 1. The number of fused-ring (bicyclic) bond motifs is 1. The number of aryl methyl sites for hydroxylation is 1. The number of aliphatic hydroxyl groups excluding tert-OH is 1. The van der Waals surface area contributed by atoms with E-state index in [1.54, 1.807) is 12.4 Å². The van der Waals surface area contributed by atoms with Crippen LogP contribution in [0.1, 0.15) is 58.6 Å². The summed E-state index contributed by atoms with van der Waals surface area (Å²) in [5, 5.41) is 9.94. The number of imidazole rings is 1.